The normalized spacial score (nSPS) is 10.7. The van der Waals surface area contributed by atoms with Crippen molar-refractivity contribution in [3.63, 3.8) is 0 Å². The Morgan fingerprint density at radius 2 is 1.62 bits per heavy atom. The second-order valence-electron chi connectivity index (χ2n) is 6.48. The molecule has 29 heavy (non-hydrogen) atoms. The maximum atomic E-state index is 12.9. The molecule has 4 rings (SSSR count). The predicted molar refractivity (Wildman–Crippen MR) is 114 cm³/mol. The lowest BCUT2D eigenvalue weighted by Gasteiger charge is -2.08. The Hall–Kier alpha value is -3.57. The summed E-state index contributed by atoms with van der Waals surface area (Å²) < 4.78 is 5.75. The van der Waals surface area contributed by atoms with Crippen LogP contribution in [0.2, 0.25) is 5.02 Å². The van der Waals surface area contributed by atoms with Crippen molar-refractivity contribution in [2.75, 3.05) is 10.6 Å². The number of benzene rings is 3. The maximum Gasteiger partial charge on any atom is 0.293 e. The molecule has 5 nitrogen and oxygen atoms in total. The van der Waals surface area contributed by atoms with Gasteiger partial charge in [-0.05, 0) is 35.9 Å². The van der Waals surface area contributed by atoms with Crippen LogP contribution in [0, 0.1) is 0 Å². The lowest BCUT2D eigenvalue weighted by molar-refractivity contribution is -0.115. The molecule has 4 aromatic rings. The van der Waals surface area contributed by atoms with Crippen LogP contribution in [-0.4, -0.2) is 11.8 Å². The third-order valence-electron chi connectivity index (χ3n) is 4.36. The highest BCUT2D eigenvalue weighted by molar-refractivity contribution is 6.31. The first-order valence-corrected chi connectivity index (χ1v) is 9.40. The van der Waals surface area contributed by atoms with Gasteiger partial charge in [-0.3, -0.25) is 9.59 Å². The van der Waals surface area contributed by atoms with E-state index >= 15 is 0 Å². The molecule has 0 saturated carbocycles. The van der Waals surface area contributed by atoms with E-state index in [1.54, 1.807) is 42.5 Å². The smallest absolute Gasteiger partial charge is 0.293 e. The van der Waals surface area contributed by atoms with E-state index < -0.39 is 5.91 Å². The monoisotopic (exact) mass is 404 g/mol. The molecule has 0 saturated heterocycles. The van der Waals surface area contributed by atoms with Crippen LogP contribution < -0.4 is 10.6 Å². The molecule has 2 N–H and O–H groups in total. The van der Waals surface area contributed by atoms with E-state index in [0.29, 0.717) is 27.4 Å². The van der Waals surface area contributed by atoms with Gasteiger partial charge in [0, 0.05) is 16.1 Å². The number of nitrogens with one attached hydrogen (secondary N) is 2. The topological polar surface area (TPSA) is 71.3 Å². The van der Waals surface area contributed by atoms with Gasteiger partial charge in [0.1, 0.15) is 11.3 Å². The van der Waals surface area contributed by atoms with Crippen LogP contribution in [0.5, 0.6) is 0 Å². The molecule has 0 aliphatic rings. The SMILES string of the molecule is O=C(Cc1ccccc1)Nc1c(C(=O)Nc2cccc(Cl)c2)oc2ccccc12. The number of rotatable bonds is 5. The second-order valence-corrected chi connectivity index (χ2v) is 6.91. The molecule has 0 atom stereocenters. The van der Waals surface area contributed by atoms with Crippen molar-refractivity contribution in [1.82, 2.24) is 0 Å². The average molecular weight is 405 g/mol. The van der Waals surface area contributed by atoms with E-state index in [2.05, 4.69) is 10.6 Å². The molecule has 3 aromatic carbocycles. The number of fused-ring (bicyclic) bond motifs is 1. The second kappa shape index (κ2) is 8.20. The summed E-state index contributed by atoms with van der Waals surface area (Å²) in [5.74, 6) is -0.675. The molecule has 0 spiro atoms. The number of hydrogen-bond donors (Lipinski definition) is 2. The van der Waals surface area contributed by atoms with Crippen LogP contribution in [0.25, 0.3) is 11.0 Å². The summed E-state index contributed by atoms with van der Waals surface area (Å²) in [4.78, 5) is 25.5. The Morgan fingerprint density at radius 1 is 0.862 bits per heavy atom. The summed E-state index contributed by atoms with van der Waals surface area (Å²) in [6.07, 6.45) is 0.190. The molecule has 1 aromatic heterocycles. The van der Waals surface area contributed by atoms with Crippen molar-refractivity contribution >= 4 is 45.8 Å². The fraction of sp³-hybridized carbons (Fsp3) is 0.0435. The first-order valence-electron chi connectivity index (χ1n) is 9.02. The Kier molecular flexibility index (Phi) is 5.31. The molecule has 144 valence electrons. The summed E-state index contributed by atoms with van der Waals surface area (Å²) >= 11 is 5.98. The number of carbonyl (C=O) groups excluding carboxylic acids is 2. The molecule has 0 unspecified atom stereocenters. The fourth-order valence-corrected chi connectivity index (χ4v) is 3.24. The minimum Gasteiger partial charge on any atom is -0.449 e. The van der Waals surface area contributed by atoms with Crippen molar-refractivity contribution in [2.45, 2.75) is 6.42 Å². The van der Waals surface area contributed by atoms with Crippen molar-refractivity contribution in [3.8, 4) is 0 Å². The molecule has 0 bridgehead atoms. The fourth-order valence-electron chi connectivity index (χ4n) is 3.05. The van der Waals surface area contributed by atoms with Crippen molar-refractivity contribution in [3.05, 3.63) is 95.2 Å². The highest BCUT2D eigenvalue weighted by atomic mass is 35.5. The summed E-state index contributed by atoms with van der Waals surface area (Å²) in [5.41, 5.74) is 2.27. The van der Waals surface area contributed by atoms with Gasteiger partial charge in [-0.2, -0.15) is 0 Å². The van der Waals surface area contributed by atoms with Gasteiger partial charge in [0.05, 0.1) is 6.42 Å². The Morgan fingerprint density at radius 3 is 2.41 bits per heavy atom. The standard InChI is InChI=1S/C23H17ClN2O3/c24-16-9-6-10-17(14-16)25-23(28)22-21(18-11-4-5-12-19(18)29-22)26-20(27)13-15-7-2-1-3-8-15/h1-12,14H,13H2,(H,25,28)(H,26,27). The van der Waals surface area contributed by atoms with Gasteiger partial charge in [-0.1, -0.05) is 60.1 Å². The van der Waals surface area contributed by atoms with Crippen LogP contribution >= 0.6 is 11.6 Å². The Bertz CT molecular complexity index is 1190. The average Bonchev–Trinajstić information content (AvgIpc) is 3.07. The molecule has 0 fully saturated rings. The number of furan rings is 1. The lowest BCUT2D eigenvalue weighted by atomic mass is 10.1. The molecule has 0 aliphatic heterocycles. The van der Waals surface area contributed by atoms with E-state index in [9.17, 15) is 9.59 Å². The van der Waals surface area contributed by atoms with Crippen molar-refractivity contribution < 1.29 is 14.0 Å². The van der Waals surface area contributed by atoms with E-state index in [4.69, 9.17) is 16.0 Å². The minimum atomic E-state index is -0.474. The van der Waals surface area contributed by atoms with E-state index in [0.717, 1.165) is 5.56 Å². The molecule has 2 amide bonds. The van der Waals surface area contributed by atoms with E-state index in [1.165, 1.54) is 0 Å². The predicted octanol–water partition coefficient (Wildman–Crippen LogP) is 5.52. The number of anilines is 2. The molecule has 1 heterocycles. The van der Waals surface area contributed by atoms with Gasteiger partial charge in [-0.15, -0.1) is 0 Å². The Balaban J connectivity index is 1.63. The summed E-state index contributed by atoms with van der Waals surface area (Å²) in [6, 6.07) is 23.4. The highest BCUT2D eigenvalue weighted by Gasteiger charge is 2.22. The zero-order chi connectivity index (χ0) is 20.2. The molecule has 6 heteroatoms. The van der Waals surface area contributed by atoms with Crippen LogP contribution in [0.15, 0.2) is 83.3 Å². The van der Waals surface area contributed by atoms with Gasteiger partial charge in [0.2, 0.25) is 11.7 Å². The van der Waals surface area contributed by atoms with Crippen molar-refractivity contribution in [2.24, 2.45) is 0 Å². The molecule has 0 radical (unpaired) electrons. The lowest BCUT2D eigenvalue weighted by Crippen LogP contribution is -2.18. The summed E-state index contributed by atoms with van der Waals surface area (Å²) in [5, 5.41) is 6.76. The zero-order valence-corrected chi connectivity index (χ0v) is 16.1. The molecular weight excluding hydrogens is 388 g/mol. The minimum absolute atomic E-state index is 0.0348. The first-order chi connectivity index (χ1) is 14.1. The Labute approximate surface area is 172 Å². The van der Waals surface area contributed by atoms with Gasteiger partial charge < -0.3 is 15.1 Å². The van der Waals surface area contributed by atoms with Gasteiger partial charge in [0.25, 0.3) is 5.91 Å². The number of hydrogen-bond acceptors (Lipinski definition) is 3. The quantitative estimate of drug-likeness (QED) is 0.460. The number of amides is 2. The third kappa shape index (κ3) is 4.31. The third-order valence-corrected chi connectivity index (χ3v) is 4.59. The zero-order valence-electron chi connectivity index (χ0n) is 15.3. The van der Waals surface area contributed by atoms with Crippen LogP contribution in [0.1, 0.15) is 16.1 Å². The summed E-state index contributed by atoms with van der Waals surface area (Å²) in [6.45, 7) is 0. The maximum absolute atomic E-state index is 12.9. The van der Waals surface area contributed by atoms with Crippen LogP contribution in [-0.2, 0) is 11.2 Å². The highest BCUT2D eigenvalue weighted by Crippen LogP contribution is 2.31. The van der Waals surface area contributed by atoms with Gasteiger partial charge in [0.15, 0.2) is 0 Å². The van der Waals surface area contributed by atoms with E-state index in [-0.39, 0.29) is 18.1 Å². The van der Waals surface area contributed by atoms with E-state index in [1.807, 2.05) is 36.4 Å². The number of para-hydroxylation sites is 1. The largest absolute Gasteiger partial charge is 0.449 e. The van der Waals surface area contributed by atoms with Crippen molar-refractivity contribution in [1.29, 1.82) is 0 Å². The van der Waals surface area contributed by atoms with Gasteiger partial charge in [-0.25, -0.2) is 0 Å². The first kappa shape index (κ1) is 18.8. The number of carbonyl (C=O) groups is 2. The summed E-state index contributed by atoms with van der Waals surface area (Å²) in [7, 11) is 0. The number of halogens is 1. The van der Waals surface area contributed by atoms with Crippen LogP contribution in [0.4, 0.5) is 11.4 Å². The molecule has 0 aliphatic carbocycles. The van der Waals surface area contributed by atoms with Gasteiger partial charge >= 0.3 is 0 Å². The van der Waals surface area contributed by atoms with Crippen LogP contribution in [0.3, 0.4) is 0 Å². The molecular formula is C23H17ClN2O3.